The van der Waals surface area contributed by atoms with Crippen LogP contribution in [0.25, 0.3) is 0 Å². The molecular weight excluding hydrogens is 262 g/mol. The Balaban J connectivity index is 1.94. The average Bonchev–Trinajstić information content (AvgIpc) is 2.98. The number of carbonyl (C=O) groups excluding carboxylic acids is 1. The third kappa shape index (κ3) is 2.61. The monoisotopic (exact) mass is 285 g/mol. The SMILES string of the molecule is CC[C@@](O)(C(=O)OCC1=CCN2CC[C@@H](O)[C@@H]12)[C@H](C)O. The normalized spacial score (nSPS) is 30.6. The van der Waals surface area contributed by atoms with Gasteiger partial charge in [-0.3, -0.25) is 4.90 Å². The fourth-order valence-electron chi connectivity index (χ4n) is 2.91. The molecule has 2 heterocycles. The first-order chi connectivity index (χ1) is 9.40. The second-order valence-electron chi connectivity index (χ2n) is 5.60. The Morgan fingerprint density at radius 3 is 2.95 bits per heavy atom. The largest absolute Gasteiger partial charge is 0.459 e. The highest BCUT2D eigenvalue weighted by molar-refractivity contribution is 5.80. The first-order valence-electron chi connectivity index (χ1n) is 7.09. The summed E-state index contributed by atoms with van der Waals surface area (Å²) in [6.45, 7) is 4.62. The Morgan fingerprint density at radius 2 is 2.35 bits per heavy atom. The highest BCUT2D eigenvalue weighted by atomic mass is 16.6. The van der Waals surface area contributed by atoms with Crippen molar-refractivity contribution in [2.45, 2.75) is 50.5 Å². The standard InChI is InChI=1S/C14H23NO5/c1-3-14(19,9(2)16)13(18)20-8-10-4-6-15-7-5-11(17)12(10)15/h4,9,11-12,16-17,19H,3,5-8H2,1-2H3/t9-,11+,12+,14-/m0/s1. The second kappa shape index (κ2) is 5.81. The van der Waals surface area contributed by atoms with Crippen molar-refractivity contribution in [3.63, 3.8) is 0 Å². The zero-order valence-corrected chi connectivity index (χ0v) is 12.0. The van der Waals surface area contributed by atoms with Gasteiger partial charge in [0.25, 0.3) is 0 Å². The van der Waals surface area contributed by atoms with E-state index in [0.717, 1.165) is 25.1 Å². The van der Waals surface area contributed by atoms with E-state index in [1.165, 1.54) is 6.92 Å². The smallest absolute Gasteiger partial charge is 0.341 e. The fourth-order valence-corrected chi connectivity index (χ4v) is 2.91. The Morgan fingerprint density at radius 1 is 1.65 bits per heavy atom. The van der Waals surface area contributed by atoms with Crippen LogP contribution in [0.3, 0.4) is 0 Å². The number of nitrogens with zero attached hydrogens (tertiary/aromatic N) is 1. The maximum atomic E-state index is 11.9. The van der Waals surface area contributed by atoms with Gasteiger partial charge in [0.2, 0.25) is 0 Å². The van der Waals surface area contributed by atoms with Gasteiger partial charge in [0, 0.05) is 13.1 Å². The highest BCUT2D eigenvalue weighted by Crippen LogP contribution is 2.29. The van der Waals surface area contributed by atoms with Crippen molar-refractivity contribution in [2.75, 3.05) is 19.7 Å². The summed E-state index contributed by atoms with van der Waals surface area (Å²) in [6.07, 6.45) is 1.15. The summed E-state index contributed by atoms with van der Waals surface area (Å²) >= 11 is 0. The molecule has 0 aromatic rings. The average molecular weight is 285 g/mol. The summed E-state index contributed by atoms with van der Waals surface area (Å²) in [5, 5.41) is 29.5. The van der Waals surface area contributed by atoms with Crippen LogP contribution in [-0.2, 0) is 9.53 Å². The number of aliphatic hydroxyl groups is 3. The minimum atomic E-state index is -1.87. The van der Waals surface area contributed by atoms with E-state index in [-0.39, 0.29) is 19.1 Å². The van der Waals surface area contributed by atoms with Crippen molar-refractivity contribution in [1.29, 1.82) is 0 Å². The maximum Gasteiger partial charge on any atom is 0.341 e. The van der Waals surface area contributed by atoms with Gasteiger partial charge in [-0.05, 0) is 25.3 Å². The minimum Gasteiger partial charge on any atom is -0.459 e. The highest BCUT2D eigenvalue weighted by Gasteiger charge is 2.42. The number of carbonyl (C=O) groups is 1. The number of fused-ring (bicyclic) bond motifs is 1. The predicted octanol–water partition coefficient (Wildman–Crippen LogP) is -0.573. The molecule has 0 unspecified atom stereocenters. The Kier molecular flexibility index (Phi) is 4.49. The lowest BCUT2D eigenvalue weighted by molar-refractivity contribution is -0.176. The molecule has 20 heavy (non-hydrogen) atoms. The van der Waals surface area contributed by atoms with Crippen molar-refractivity contribution in [2.24, 2.45) is 0 Å². The Labute approximate surface area is 118 Å². The third-order valence-corrected chi connectivity index (χ3v) is 4.39. The molecule has 0 aromatic carbocycles. The number of esters is 1. The van der Waals surface area contributed by atoms with Crippen LogP contribution in [0.5, 0.6) is 0 Å². The van der Waals surface area contributed by atoms with Crippen molar-refractivity contribution >= 4 is 5.97 Å². The van der Waals surface area contributed by atoms with Crippen LogP contribution in [-0.4, -0.2) is 69.7 Å². The first kappa shape index (κ1) is 15.4. The van der Waals surface area contributed by atoms with Crippen molar-refractivity contribution in [3.05, 3.63) is 11.6 Å². The second-order valence-corrected chi connectivity index (χ2v) is 5.60. The van der Waals surface area contributed by atoms with E-state index < -0.39 is 23.8 Å². The summed E-state index contributed by atoms with van der Waals surface area (Å²) in [5.74, 6) is -0.818. The van der Waals surface area contributed by atoms with Gasteiger partial charge >= 0.3 is 5.97 Å². The molecule has 2 aliphatic heterocycles. The maximum absolute atomic E-state index is 11.9. The predicted molar refractivity (Wildman–Crippen MR) is 71.9 cm³/mol. The molecule has 0 amide bonds. The Bertz CT molecular complexity index is 408. The lowest BCUT2D eigenvalue weighted by Gasteiger charge is -2.28. The summed E-state index contributed by atoms with van der Waals surface area (Å²) in [6, 6.07) is -0.0796. The van der Waals surface area contributed by atoms with Crippen LogP contribution < -0.4 is 0 Å². The molecule has 0 saturated carbocycles. The summed E-state index contributed by atoms with van der Waals surface area (Å²) in [5.41, 5.74) is -1.000. The molecule has 0 aliphatic carbocycles. The van der Waals surface area contributed by atoms with Crippen molar-refractivity contribution in [1.82, 2.24) is 4.90 Å². The fraction of sp³-hybridized carbons (Fsp3) is 0.786. The molecule has 0 aromatic heterocycles. The number of hydrogen-bond donors (Lipinski definition) is 3. The molecule has 1 saturated heterocycles. The molecule has 3 N–H and O–H groups in total. The first-order valence-corrected chi connectivity index (χ1v) is 7.09. The molecule has 0 bridgehead atoms. The molecule has 2 rings (SSSR count). The molecule has 2 aliphatic rings. The minimum absolute atomic E-state index is 0.0477. The van der Waals surface area contributed by atoms with Gasteiger partial charge in [-0.2, -0.15) is 0 Å². The van der Waals surface area contributed by atoms with Crippen molar-refractivity contribution < 1.29 is 24.9 Å². The summed E-state index contributed by atoms with van der Waals surface area (Å²) in [4.78, 5) is 14.1. The zero-order valence-electron chi connectivity index (χ0n) is 12.0. The molecular formula is C14H23NO5. The van der Waals surface area contributed by atoms with Gasteiger partial charge in [0.1, 0.15) is 6.61 Å². The van der Waals surface area contributed by atoms with E-state index in [0.29, 0.717) is 0 Å². The lowest BCUT2D eigenvalue weighted by Crippen LogP contribution is -2.49. The zero-order chi connectivity index (χ0) is 14.9. The van der Waals surface area contributed by atoms with E-state index in [2.05, 4.69) is 4.90 Å². The molecule has 4 atom stereocenters. The van der Waals surface area contributed by atoms with Gasteiger partial charge in [-0.25, -0.2) is 4.79 Å². The summed E-state index contributed by atoms with van der Waals surface area (Å²) < 4.78 is 5.14. The molecule has 114 valence electrons. The molecule has 0 radical (unpaired) electrons. The van der Waals surface area contributed by atoms with Gasteiger partial charge in [0.05, 0.1) is 18.2 Å². The van der Waals surface area contributed by atoms with Crippen molar-refractivity contribution in [3.8, 4) is 0 Å². The van der Waals surface area contributed by atoms with E-state index >= 15 is 0 Å². The van der Waals surface area contributed by atoms with Crippen LogP contribution in [0, 0.1) is 0 Å². The van der Waals surface area contributed by atoms with Gasteiger partial charge in [-0.15, -0.1) is 0 Å². The third-order valence-electron chi connectivity index (χ3n) is 4.39. The number of hydrogen-bond acceptors (Lipinski definition) is 6. The number of aliphatic hydroxyl groups excluding tert-OH is 2. The van der Waals surface area contributed by atoms with Crippen LogP contribution >= 0.6 is 0 Å². The van der Waals surface area contributed by atoms with E-state index in [1.54, 1.807) is 6.92 Å². The Hall–Kier alpha value is -0.950. The molecule has 6 nitrogen and oxygen atoms in total. The topological polar surface area (TPSA) is 90.2 Å². The molecule has 6 heteroatoms. The number of ether oxygens (including phenoxy) is 1. The lowest BCUT2D eigenvalue weighted by atomic mass is 9.95. The van der Waals surface area contributed by atoms with Crippen LogP contribution in [0.2, 0.25) is 0 Å². The van der Waals surface area contributed by atoms with Crippen LogP contribution in [0.15, 0.2) is 11.6 Å². The van der Waals surface area contributed by atoms with Crippen LogP contribution in [0.1, 0.15) is 26.7 Å². The molecule has 0 spiro atoms. The van der Waals surface area contributed by atoms with E-state index in [9.17, 15) is 20.1 Å². The van der Waals surface area contributed by atoms with Crippen LogP contribution in [0.4, 0.5) is 0 Å². The van der Waals surface area contributed by atoms with Gasteiger partial charge < -0.3 is 20.1 Å². The van der Waals surface area contributed by atoms with E-state index in [1.807, 2.05) is 6.08 Å². The quantitative estimate of drug-likeness (QED) is 0.463. The van der Waals surface area contributed by atoms with Gasteiger partial charge in [-0.1, -0.05) is 13.0 Å². The number of rotatable bonds is 5. The van der Waals surface area contributed by atoms with Gasteiger partial charge in [0.15, 0.2) is 5.60 Å². The molecule has 1 fully saturated rings. The summed E-state index contributed by atoms with van der Waals surface area (Å²) in [7, 11) is 0. The van der Waals surface area contributed by atoms with E-state index in [4.69, 9.17) is 4.74 Å².